The fraction of sp³-hybridized carbons (Fsp3) is 0.600. The van der Waals surface area contributed by atoms with E-state index in [4.69, 9.17) is 19.2 Å². The predicted molar refractivity (Wildman–Crippen MR) is 138 cm³/mol. The molecule has 1 N–H and O–H groups in total. The molecule has 0 bridgehead atoms. The summed E-state index contributed by atoms with van der Waals surface area (Å²) in [4.78, 5) is 15.8. The summed E-state index contributed by atoms with van der Waals surface area (Å²) in [7, 11) is 3.80. The number of likely N-dealkylation sites (N-methyl/N-ethyl adjacent to an activating group) is 1. The normalized spacial score (nSPS) is 20.7. The van der Waals surface area contributed by atoms with Crippen molar-refractivity contribution in [3.8, 4) is 17.0 Å². The molecule has 35 heavy (non-hydrogen) atoms. The summed E-state index contributed by atoms with van der Waals surface area (Å²) in [5, 5.41) is 8.07. The SMILES string of the molecule is C=NC(=N[C@@H](C)COC)Nc1c(-c2cnn([C@H]3CCN(C)C3)c2)cnc(OC2CCOCC2)c1C. The number of nitrogens with zero attached hydrogens (tertiary/aromatic N) is 6. The molecule has 4 heterocycles. The number of methoxy groups -OCH3 is 1. The van der Waals surface area contributed by atoms with Gasteiger partial charge in [0.15, 0.2) is 0 Å². The Morgan fingerprint density at radius 2 is 2.11 bits per heavy atom. The first-order valence-corrected chi connectivity index (χ1v) is 12.3. The van der Waals surface area contributed by atoms with Gasteiger partial charge in [0.25, 0.3) is 0 Å². The molecule has 10 heteroatoms. The van der Waals surface area contributed by atoms with Gasteiger partial charge in [-0.05, 0) is 40.6 Å². The number of aromatic nitrogens is 3. The molecule has 0 unspecified atom stereocenters. The van der Waals surface area contributed by atoms with Crippen molar-refractivity contribution in [2.45, 2.75) is 51.3 Å². The first-order chi connectivity index (χ1) is 17.0. The van der Waals surface area contributed by atoms with Crippen molar-refractivity contribution in [2.75, 3.05) is 52.4 Å². The van der Waals surface area contributed by atoms with Crippen molar-refractivity contribution in [2.24, 2.45) is 9.98 Å². The molecule has 2 aliphatic rings. The number of guanidine groups is 1. The second kappa shape index (κ2) is 11.7. The molecular formula is C25H37N7O3. The Bertz CT molecular complexity index is 1030. The molecule has 0 aromatic carbocycles. The zero-order chi connectivity index (χ0) is 24.8. The number of rotatable bonds is 8. The van der Waals surface area contributed by atoms with Crippen molar-refractivity contribution in [1.29, 1.82) is 0 Å². The van der Waals surface area contributed by atoms with E-state index in [1.807, 2.05) is 26.2 Å². The Morgan fingerprint density at radius 1 is 1.31 bits per heavy atom. The van der Waals surface area contributed by atoms with Gasteiger partial charge in [-0.2, -0.15) is 5.10 Å². The number of nitrogens with one attached hydrogen (secondary N) is 1. The van der Waals surface area contributed by atoms with E-state index in [0.29, 0.717) is 37.7 Å². The molecule has 2 saturated heterocycles. The van der Waals surface area contributed by atoms with Crippen molar-refractivity contribution < 1.29 is 14.2 Å². The standard InChI is InChI=1S/C25H37N7O3/c1-17(16-33-5)29-25(26-3)30-23-18(2)24(35-21-7-10-34-11-8-21)27-13-22(23)19-12-28-32(14-19)20-6-9-31(4)15-20/h12-14,17,20-21H,3,6-11,15-16H2,1-2,4-5H3,(H,27,29,30)/t17-,20-/m0/s1. The Labute approximate surface area is 207 Å². The van der Waals surface area contributed by atoms with Crippen LogP contribution in [0.2, 0.25) is 0 Å². The van der Waals surface area contributed by atoms with E-state index in [2.05, 4.69) is 49.9 Å². The molecule has 0 amide bonds. The van der Waals surface area contributed by atoms with E-state index >= 15 is 0 Å². The van der Waals surface area contributed by atoms with Crippen LogP contribution >= 0.6 is 0 Å². The molecule has 0 aliphatic carbocycles. The van der Waals surface area contributed by atoms with Gasteiger partial charge in [-0.3, -0.25) is 4.68 Å². The number of anilines is 1. The van der Waals surface area contributed by atoms with E-state index in [-0.39, 0.29) is 12.1 Å². The number of pyridine rings is 1. The van der Waals surface area contributed by atoms with Gasteiger partial charge in [0.05, 0.1) is 43.8 Å². The largest absolute Gasteiger partial charge is 0.474 e. The van der Waals surface area contributed by atoms with Gasteiger partial charge in [0.2, 0.25) is 11.8 Å². The third-order valence-corrected chi connectivity index (χ3v) is 6.51. The van der Waals surface area contributed by atoms with Gasteiger partial charge in [0.1, 0.15) is 6.10 Å². The lowest BCUT2D eigenvalue weighted by Gasteiger charge is -2.24. The van der Waals surface area contributed by atoms with Crippen molar-refractivity contribution >= 4 is 18.4 Å². The van der Waals surface area contributed by atoms with Gasteiger partial charge < -0.3 is 24.4 Å². The Balaban J connectivity index is 1.67. The van der Waals surface area contributed by atoms with Crippen LogP contribution in [0.3, 0.4) is 0 Å². The quantitative estimate of drug-likeness (QED) is 0.455. The Morgan fingerprint density at radius 3 is 2.80 bits per heavy atom. The maximum Gasteiger partial charge on any atom is 0.222 e. The van der Waals surface area contributed by atoms with Crippen LogP contribution in [0.15, 0.2) is 28.6 Å². The van der Waals surface area contributed by atoms with Gasteiger partial charge >= 0.3 is 0 Å². The number of ether oxygens (including phenoxy) is 3. The van der Waals surface area contributed by atoms with Crippen LogP contribution in [0.4, 0.5) is 5.69 Å². The summed E-state index contributed by atoms with van der Waals surface area (Å²) in [5.41, 5.74) is 3.61. The number of hydrogen-bond acceptors (Lipinski definition) is 7. The summed E-state index contributed by atoms with van der Waals surface area (Å²) < 4.78 is 19.0. The van der Waals surface area contributed by atoms with Crippen molar-refractivity contribution in [3.05, 3.63) is 24.2 Å². The number of aliphatic imine (C=N–C) groups is 2. The highest BCUT2D eigenvalue weighted by Gasteiger charge is 2.24. The molecule has 2 aliphatic heterocycles. The molecule has 2 fully saturated rings. The molecule has 0 saturated carbocycles. The van der Waals surface area contributed by atoms with E-state index < -0.39 is 0 Å². The van der Waals surface area contributed by atoms with Gasteiger partial charge in [-0.15, -0.1) is 0 Å². The first kappa shape index (κ1) is 25.3. The second-order valence-corrected chi connectivity index (χ2v) is 9.36. The lowest BCUT2D eigenvalue weighted by atomic mass is 10.1. The maximum absolute atomic E-state index is 6.29. The third kappa shape index (κ3) is 6.25. The lowest BCUT2D eigenvalue weighted by molar-refractivity contribution is 0.0235. The van der Waals surface area contributed by atoms with E-state index in [0.717, 1.165) is 54.7 Å². The summed E-state index contributed by atoms with van der Waals surface area (Å²) in [6.07, 6.45) is 8.70. The van der Waals surface area contributed by atoms with Crippen LogP contribution in [0.25, 0.3) is 11.1 Å². The van der Waals surface area contributed by atoms with Crippen LogP contribution in [0.1, 0.15) is 37.8 Å². The lowest BCUT2D eigenvalue weighted by Crippen LogP contribution is -2.26. The van der Waals surface area contributed by atoms with Gasteiger partial charge in [-0.25, -0.2) is 15.0 Å². The maximum atomic E-state index is 6.29. The molecule has 2 aromatic rings. The minimum Gasteiger partial charge on any atom is -0.474 e. The van der Waals surface area contributed by atoms with Gasteiger partial charge in [0, 0.05) is 55.6 Å². The highest BCUT2D eigenvalue weighted by molar-refractivity contribution is 6.00. The number of hydrogen-bond donors (Lipinski definition) is 1. The average Bonchev–Trinajstić information content (AvgIpc) is 3.51. The fourth-order valence-electron chi connectivity index (χ4n) is 4.56. The Hall–Kier alpha value is -2.82. The molecule has 2 atom stereocenters. The molecule has 2 aromatic heterocycles. The monoisotopic (exact) mass is 483 g/mol. The highest BCUT2D eigenvalue weighted by atomic mass is 16.5. The van der Waals surface area contributed by atoms with E-state index in [1.54, 1.807) is 7.11 Å². The minimum absolute atomic E-state index is 0.0707. The van der Waals surface area contributed by atoms with Crippen LogP contribution in [0.5, 0.6) is 5.88 Å². The second-order valence-electron chi connectivity index (χ2n) is 9.36. The fourth-order valence-corrected chi connectivity index (χ4v) is 4.56. The van der Waals surface area contributed by atoms with Crippen molar-refractivity contribution in [1.82, 2.24) is 19.7 Å². The van der Waals surface area contributed by atoms with Gasteiger partial charge in [-0.1, -0.05) is 0 Å². The van der Waals surface area contributed by atoms with Crippen molar-refractivity contribution in [3.63, 3.8) is 0 Å². The molecular weight excluding hydrogens is 446 g/mol. The predicted octanol–water partition coefficient (Wildman–Crippen LogP) is 3.19. The molecule has 0 radical (unpaired) electrons. The summed E-state index contributed by atoms with van der Waals surface area (Å²) in [5.74, 6) is 1.02. The summed E-state index contributed by atoms with van der Waals surface area (Å²) in [6, 6.07) is 0.302. The first-order valence-electron chi connectivity index (χ1n) is 12.3. The summed E-state index contributed by atoms with van der Waals surface area (Å²) >= 11 is 0. The zero-order valence-electron chi connectivity index (χ0n) is 21.2. The highest BCUT2D eigenvalue weighted by Crippen LogP contribution is 2.36. The van der Waals surface area contributed by atoms with Crippen LogP contribution in [-0.2, 0) is 9.47 Å². The Kier molecular flexibility index (Phi) is 8.48. The van der Waals surface area contributed by atoms with E-state index in [9.17, 15) is 0 Å². The molecule has 10 nitrogen and oxygen atoms in total. The van der Waals surface area contributed by atoms with E-state index in [1.165, 1.54) is 0 Å². The zero-order valence-corrected chi connectivity index (χ0v) is 21.2. The molecule has 0 spiro atoms. The van der Waals surface area contributed by atoms with Crippen LogP contribution < -0.4 is 10.1 Å². The van der Waals surface area contributed by atoms with Crippen LogP contribution in [0, 0.1) is 6.92 Å². The third-order valence-electron chi connectivity index (χ3n) is 6.51. The smallest absolute Gasteiger partial charge is 0.222 e. The van der Waals surface area contributed by atoms with Crippen LogP contribution in [-0.4, -0.2) is 91.6 Å². The minimum atomic E-state index is -0.0707. The molecule has 190 valence electrons. The average molecular weight is 484 g/mol. The summed E-state index contributed by atoms with van der Waals surface area (Å²) in [6.45, 7) is 11.7. The molecule has 4 rings (SSSR count). The number of likely N-dealkylation sites (tertiary alicyclic amines) is 1. The topological polar surface area (TPSA) is 98.4 Å².